The summed E-state index contributed by atoms with van der Waals surface area (Å²) in [6.07, 6.45) is 0. The molecule has 0 atom stereocenters. The first-order valence-electron chi connectivity index (χ1n) is 1.05. The quantitative estimate of drug-likeness (QED) is 0.489. The molecule has 0 bridgehead atoms. The molecule has 0 spiro atoms. The van der Waals surface area contributed by atoms with Crippen LogP contribution in [0.3, 0.4) is 0 Å². The van der Waals surface area contributed by atoms with Crippen molar-refractivity contribution in [3.05, 3.63) is 0 Å². The molecule has 0 amide bonds. The van der Waals surface area contributed by atoms with Gasteiger partial charge in [0.1, 0.15) is 5.88 Å². The summed E-state index contributed by atoms with van der Waals surface area (Å²) in [5, 5.41) is 7.59. The number of hydrogen-bond donors (Lipinski definition) is 1. The van der Waals surface area contributed by atoms with Gasteiger partial charge in [0.25, 0.3) is 0 Å². The summed E-state index contributed by atoms with van der Waals surface area (Å²) >= 11 is 4.74. The van der Waals surface area contributed by atoms with Crippen molar-refractivity contribution in [2.75, 3.05) is 5.88 Å². The third-order valence-corrected chi connectivity index (χ3v) is 0.343. The number of halogens is 1. The van der Waals surface area contributed by atoms with E-state index < -0.39 is 5.97 Å². The van der Waals surface area contributed by atoms with Crippen LogP contribution in [0.1, 0.15) is 0 Å². The van der Waals surface area contributed by atoms with Crippen LogP contribution in [0.2, 0.25) is 0 Å². The molecule has 1 N–H and O–H groups in total. The van der Waals surface area contributed by atoms with Crippen molar-refractivity contribution >= 4 is 17.6 Å². The molecule has 0 unspecified atom stereocenters. The van der Waals surface area contributed by atoms with E-state index in [9.17, 15) is 4.79 Å². The van der Waals surface area contributed by atoms with E-state index in [1.54, 1.807) is 0 Å². The van der Waals surface area contributed by atoms with Crippen molar-refractivity contribution in [2.45, 2.75) is 0 Å². The first-order chi connectivity index (χ1) is 2.27. The summed E-state index contributed by atoms with van der Waals surface area (Å²) < 4.78 is 0. The van der Waals surface area contributed by atoms with Gasteiger partial charge in [0.05, 0.1) is 0 Å². The summed E-state index contributed by atoms with van der Waals surface area (Å²) in [5.74, 6) is -1.29. The number of carbonyl (C=O) groups is 1. The standard InChI is InChI=1S/C2H3ClO2.Pd/c3-1-2(4)5;/h1H2,(H,4,5);. The maximum absolute atomic E-state index is 9.24. The summed E-state index contributed by atoms with van der Waals surface area (Å²) in [5.41, 5.74) is 0. The number of aliphatic carboxylic acids is 1. The van der Waals surface area contributed by atoms with Crippen LogP contribution < -0.4 is 0 Å². The normalized spacial score (nSPS) is 6.17. The molecule has 0 saturated carbocycles. The van der Waals surface area contributed by atoms with Gasteiger partial charge in [0.2, 0.25) is 0 Å². The first-order valence-corrected chi connectivity index (χ1v) is 1.58. The SMILES string of the molecule is O=C(O)CCl.[Pd]. The summed E-state index contributed by atoms with van der Waals surface area (Å²) in [6, 6.07) is 0. The van der Waals surface area contributed by atoms with Gasteiger partial charge in [-0.25, -0.2) is 0 Å². The molecular weight excluding hydrogens is 198 g/mol. The molecule has 0 aromatic carbocycles. The van der Waals surface area contributed by atoms with E-state index in [0.29, 0.717) is 0 Å². The van der Waals surface area contributed by atoms with E-state index >= 15 is 0 Å². The summed E-state index contributed by atoms with van der Waals surface area (Å²) in [7, 11) is 0. The molecule has 40 valence electrons. The van der Waals surface area contributed by atoms with E-state index in [1.807, 2.05) is 0 Å². The molecule has 0 fully saturated rings. The number of rotatable bonds is 1. The molecule has 6 heavy (non-hydrogen) atoms. The summed E-state index contributed by atoms with van der Waals surface area (Å²) in [4.78, 5) is 9.24. The van der Waals surface area contributed by atoms with Crippen LogP contribution in [-0.2, 0) is 25.2 Å². The van der Waals surface area contributed by atoms with Crippen LogP contribution in [0.25, 0.3) is 0 Å². The molecule has 2 nitrogen and oxygen atoms in total. The molecule has 0 rings (SSSR count). The van der Waals surface area contributed by atoms with Crippen molar-refractivity contribution in [3.63, 3.8) is 0 Å². The maximum Gasteiger partial charge on any atom is 0.318 e. The average Bonchev–Trinajstić information content (AvgIpc) is 1.38. The fourth-order valence-corrected chi connectivity index (χ4v) is 0. The van der Waals surface area contributed by atoms with Crippen molar-refractivity contribution in [1.29, 1.82) is 0 Å². The smallest absolute Gasteiger partial charge is 0.318 e. The largest absolute Gasteiger partial charge is 0.480 e. The van der Waals surface area contributed by atoms with Gasteiger partial charge in [0.15, 0.2) is 0 Å². The van der Waals surface area contributed by atoms with Crippen molar-refractivity contribution in [3.8, 4) is 0 Å². The van der Waals surface area contributed by atoms with Gasteiger partial charge in [-0.05, 0) is 0 Å². The predicted octanol–water partition coefficient (Wildman–Crippen LogP) is 0.307. The molecule has 0 aromatic rings. The number of carboxylic acids is 1. The molecule has 0 radical (unpaired) electrons. The van der Waals surface area contributed by atoms with Gasteiger partial charge in [-0.1, -0.05) is 0 Å². The van der Waals surface area contributed by atoms with Gasteiger partial charge in [-0.15, -0.1) is 11.6 Å². The van der Waals surface area contributed by atoms with Crippen LogP contribution in [0.4, 0.5) is 0 Å². The van der Waals surface area contributed by atoms with Gasteiger partial charge in [-0.3, -0.25) is 4.79 Å². The van der Waals surface area contributed by atoms with Gasteiger partial charge < -0.3 is 5.11 Å². The van der Waals surface area contributed by atoms with Gasteiger partial charge >= 0.3 is 5.97 Å². The fourth-order valence-electron chi connectivity index (χ4n) is 0. The second-order valence-electron chi connectivity index (χ2n) is 0.527. The van der Waals surface area contributed by atoms with E-state index in [4.69, 9.17) is 16.7 Å². The van der Waals surface area contributed by atoms with Crippen molar-refractivity contribution < 1.29 is 30.3 Å². The van der Waals surface area contributed by atoms with Gasteiger partial charge in [-0.2, -0.15) is 0 Å². The Balaban J connectivity index is 0. The molecule has 4 heteroatoms. The van der Waals surface area contributed by atoms with Crippen LogP contribution in [0.5, 0.6) is 0 Å². The third kappa shape index (κ3) is 8.83. The van der Waals surface area contributed by atoms with Crippen LogP contribution in [0, 0.1) is 0 Å². The Kier molecular flexibility index (Phi) is 8.73. The Labute approximate surface area is 54.1 Å². The second kappa shape index (κ2) is 5.42. The zero-order valence-electron chi connectivity index (χ0n) is 2.76. The van der Waals surface area contributed by atoms with E-state index in [1.165, 1.54) is 0 Å². The Bertz CT molecular complexity index is 46.8. The van der Waals surface area contributed by atoms with E-state index in [2.05, 4.69) is 0 Å². The third-order valence-electron chi connectivity index (χ3n) is 0.114. The molecule has 0 heterocycles. The summed E-state index contributed by atoms with van der Waals surface area (Å²) in [6.45, 7) is 0. The van der Waals surface area contributed by atoms with Crippen molar-refractivity contribution in [2.24, 2.45) is 0 Å². The molecule has 0 aliphatic rings. The van der Waals surface area contributed by atoms with Gasteiger partial charge in [0, 0.05) is 20.4 Å². The minimum Gasteiger partial charge on any atom is -0.480 e. The average molecular weight is 201 g/mol. The van der Waals surface area contributed by atoms with Crippen LogP contribution >= 0.6 is 11.6 Å². The topological polar surface area (TPSA) is 37.3 Å². The molecule has 0 saturated heterocycles. The Morgan fingerprint density at radius 2 is 2.00 bits per heavy atom. The number of hydrogen-bond acceptors (Lipinski definition) is 1. The first kappa shape index (κ1) is 9.66. The minimum absolute atomic E-state index is 0. The molecule has 0 aromatic heterocycles. The monoisotopic (exact) mass is 200 g/mol. The van der Waals surface area contributed by atoms with E-state index in [-0.39, 0.29) is 26.3 Å². The minimum atomic E-state index is -0.980. The molecule has 0 aliphatic heterocycles. The zero-order valence-corrected chi connectivity index (χ0v) is 5.07. The van der Waals surface area contributed by atoms with Crippen LogP contribution in [0.15, 0.2) is 0 Å². The van der Waals surface area contributed by atoms with Crippen LogP contribution in [-0.4, -0.2) is 17.0 Å². The molecule has 0 aliphatic carbocycles. The Morgan fingerprint density at radius 1 is 1.83 bits per heavy atom. The zero-order chi connectivity index (χ0) is 4.28. The number of carboxylic acid groups (broad SMARTS) is 1. The predicted molar refractivity (Wildman–Crippen MR) is 18.4 cm³/mol. The fraction of sp³-hybridized carbons (Fsp3) is 0.500. The number of alkyl halides is 1. The maximum atomic E-state index is 9.24. The second-order valence-corrected chi connectivity index (χ2v) is 0.795. The molecular formula is C2H3ClO2Pd. The van der Waals surface area contributed by atoms with E-state index in [0.717, 1.165) is 0 Å². The Morgan fingerprint density at radius 3 is 2.00 bits per heavy atom. The Hall–Kier alpha value is 0.422. The van der Waals surface area contributed by atoms with Crippen molar-refractivity contribution in [1.82, 2.24) is 0 Å².